The fourth-order valence-corrected chi connectivity index (χ4v) is 8.15. The maximum atomic E-state index is 13.7. The normalized spacial score (nSPS) is 16.9. The Kier molecular flexibility index (Phi) is 8.02. The van der Waals surface area contributed by atoms with Crippen LogP contribution in [-0.2, 0) is 16.2 Å². The highest BCUT2D eigenvalue weighted by Crippen LogP contribution is 2.47. The molecule has 0 N–H and O–H groups in total. The molecule has 1 fully saturated rings. The van der Waals surface area contributed by atoms with Crippen LogP contribution in [0.2, 0.25) is 0 Å². The number of hydrogen-bond acceptors (Lipinski definition) is 7. The van der Waals surface area contributed by atoms with Crippen LogP contribution in [0.1, 0.15) is 61.7 Å². The monoisotopic (exact) mass is 574 g/mol. The van der Waals surface area contributed by atoms with E-state index in [9.17, 15) is 9.59 Å². The van der Waals surface area contributed by atoms with E-state index >= 15 is 0 Å². The van der Waals surface area contributed by atoms with Crippen LogP contribution in [0.15, 0.2) is 59.8 Å². The predicted molar refractivity (Wildman–Crippen MR) is 167 cm³/mol. The van der Waals surface area contributed by atoms with Gasteiger partial charge in [0.2, 0.25) is 0 Å². The van der Waals surface area contributed by atoms with Crippen molar-refractivity contribution in [3.63, 3.8) is 0 Å². The molecule has 1 aliphatic heterocycles. The van der Waals surface area contributed by atoms with Gasteiger partial charge in [-0.2, -0.15) is 0 Å². The van der Waals surface area contributed by atoms with E-state index in [1.807, 2.05) is 79.0 Å². The first-order valence-corrected chi connectivity index (χ1v) is 15.3. The van der Waals surface area contributed by atoms with Gasteiger partial charge in [0.05, 0.1) is 9.79 Å². The van der Waals surface area contributed by atoms with Gasteiger partial charge in [0.25, 0.3) is 0 Å². The first-order chi connectivity index (χ1) is 19.1. The maximum absolute atomic E-state index is 13.7. The highest BCUT2D eigenvalue weighted by molar-refractivity contribution is 8.21. The molecule has 208 valence electrons. The molecule has 1 aromatic heterocycles. The maximum Gasteiger partial charge on any atom is 0.331 e. The smallest absolute Gasteiger partial charge is 0.331 e. The molecule has 0 radical (unpaired) electrons. The van der Waals surface area contributed by atoms with Gasteiger partial charge < -0.3 is 14.1 Å². The molecule has 0 amide bonds. The summed E-state index contributed by atoms with van der Waals surface area (Å²) < 4.78 is 8.58. The van der Waals surface area contributed by atoms with Gasteiger partial charge in [0.1, 0.15) is 12.4 Å². The number of fused-ring (bicyclic) bond motifs is 3. The number of ketones is 1. The molecule has 4 aromatic rings. The van der Waals surface area contributed by atoms with Crippen LogP contribution in [0, 0.1) is 6.92 Å². The Morgan fingerprint density at radius 3 is 2.27 bits per heavy atom. The Labute approximate surface area is 243 Å². The number of carbonyl (C=O) groups excluding carboxylic acids is 2. The quantitative estimate of drug-likeness (QED) is 0.0934. The zero-order valence-electron chi connectivity index (χ0n) is 23.7. The summed E-state index contributed by atoms with van der Waals surface area (Å²) in [5, 5.41) is 6.43. The van der Waals surface area contributed by atoms with Gasteiger partial charge in [-0.15, -0.1) is 23.5 Å². The van der Waals surface area contributed by atoms with Crippen molar-refractivity contribution in [2.24, 2.45) is 5.16 Å². The Morgan fingerprint density at radius 2 is 1.68 bits per heavy atom. The van der Waals surface area contributed by atoms with E-state index in [2.05, 4.69) is 36.6 Å². The van der Waals surface area contributed by atoms with Crippen molar-refractivity contribution in [2.75, 3.05) is 12.4 Å². The summed E-state index contributed by atoms with van der Waals surface area (Å²) >= 11 is 3.94. The van der Waals surface area contributed by atoms with Crippen molar-refractivity contribution < 1.29 is 19.2 Å². The minimum atomic E-state index is -0.461. The van der Waals surface area contributed by atoms with Crippen LogP contribution < -0.4 is 4.74 Å². The molecule has 1 atom stereocenters. The van der Waals surface area contributed by atoms with Crippen LogP contribution in [0.4, 0.5) is 0 Å². The molecular weight excluding hydrogens is 540 g/mol. The second-order valence-electron chi connectivity index (χ2n) is 10.5. The summed E-state index contributed by atoms with van der Waals surface area (Å²) in [6.07, 6.45) is 0. The number of carbonyl (C=O) groups is 2. The molecule has 0 aliphatic carbocycles. The Morgan fingerprint density at radius 1 is 1.00 bits per heavy atom. The third-order valence-electron chi connectivity index (χ3n) is 7.12. The van der Waals surface area contributed by atoms with Crippen LogP contribution >= 0.6 is 23.5 Å². The first kappa shape index (κ1) is 28.3. The number of nitrogens with zero attached hydrogens (tertiary/aromatic N) is 2. The lowest BCUT2D eigenvalue weighted by Gasteiger charge is -2.16. The minimum absolute atomic E-state index is 0.0170. The van der Waals surface area contributed by atoms with Gasteiger partial charge in [0, 0.05) is 57.4 Å². The van der Waals surface area contributed by atoms with Crippen molar-refractivity contribution in [3.8, 4) is 5.75 Å². The molecule has 0 saturated carbocycles. The van der Waals surface area contributed by atoms with Crippen LogP contribution in [0.25, 0.3) is 21.8 Å². The summed E-state index contributed by atoms with van der Waals surface area (Å²) in [4.78, 5) is 29.7. The number of hydrogen-bond donors (Lipinski definition) is 0. The summed E-state index contributed by atoms with van der Waals surface area (Å²) in [5.41, 5.74) is 5.80. The molecule has 0 spiro atoms. The van der Waals surface area contributed by atoms with Gasteiger partial charge >= 0.3 is 5.97 Å². The number of aryl methyl sites for hydroxylation is 2. The number of ether oxygens (including phenoxy) is 1. The molecular formula is C32H34N2O4S2. The van der Waals surface area contributed by atoms with Crippen LogP contribution in [0.5, 0.6) is 5.75 Å². The largest absolute Gasteiger partial charge is 0.492 e. The predicted octanol–water partition coefficient (Wildman–Crippen LogP) is 7.60. The molecule has 1 unspecified atom stereocenters. The standard InChI is InChI=1S/C32H34N2O4S2/c1-7-34-29-12-8-22(20(3)33-38-21(4)35)15-27(29)28-16-23(9-13-30(28)34)31(36)26-11-10-24(14-19(26)2)37-17-25-18-39-32(5,6)40-25/h8-16,25H,7,17-18H2,1-6H3/b33-20+. The van der Waals surface area contributed by atoms with E-state index in [0.717, 1.165) is 51.0 Å². The number of benzene rings is 3. The second kappa shape index (κ2) is 11.3. The van der Waals surface area contributed by atoms with Crippen molar-refractivity contribution in [2.45, 2.75) is 57.4 Å². The topological polar surface area (TPSA) is 69.9 Å². The average Bonchev–Trinajstić information content (AvgIpc) is 3.45. The van der Waals surface area contributed by atoms with Crippen molar-refractivity contribution in [1.29, 1.82) is 0 Å². The van der Waals surface area contributed by atoms with E-state index in [-0.39, 0.29) is 9.86 Å². The number of rotatable bonds is 8. The van der Waals surface area contributed by atoms with Gasteiger partial charge in [0.15, 0.2) is 5.78 Å². The second-order valence-corrected chi connectivity index (χ2v) is 14.4. The van der Waals surface area contributed by atoms with Gasteiger partial charge in [-0.05, 0) is 94.3 Å². The van der Waals surface area contributed by atoms with Crippen molar-refractivity contribution in [1.82, 2.24) is 4.57 Å². The fraction of sp³-hybridized carbons (Fsp3) is 0.344. The summed E-state index contributed by atoms with van der Waals surface area (Å²) in [5.74, 6) is 1.40. The number of oxime groups is 1. The first-order valence-electron chi connectivity index (χ1n) is 13.4. The Bertz CT molecular complexity index is 1650. The van der Waals surface area contributed by atoms with E-state index in [4.69, 9.17) is 9.57 Å². The molecule has 1 aliphatic rings. The summed E-state index contributed by atoms with van der Waals surface area (Å²) in [6.45, 7) is 13.2. The van der Waals surface area contributed by atoms with E-state index < -0.39 is 5.97 Å². The highest BCUT2D eigenvalue weighted by Gasteiger charge is 2.32. The van der Waals surface area contributed by atoms with E-state index in [1.54, 1.807) is 6.92 Å². The van der Waals surface area contributed by atoms with Gasteiger partial charge in [-0.3, -0.25) is 4.79 Å². The lowest BCUT2D eigenvalue weighted by atomic mass is 9.97. The molecule has 3 aromatic carbocycles. The average molecular weight is 575 g/mol. The van der Waals surface area contributed by atoms with Crippen molar-refractivity contribution in [3.05, 3.63) is 76.9 Å². The molecule has 5 rings (SSSR count). The van der Waals surface area contributed by atoms with Gasteiger partial charge in [-0.25, -0.2) is 4.79 Å². The molecule has 6 nitrogen and oxygen atoms in total. The lowest BCUT2D eigenvalue weighted by molar-refractivity contribution is -0.140. The van der Waals surface area contributed by atoms with Gasteiger partial charge in [-0.1, -0.05) is 11.2 Å². The molecule has 2 heterocycles. The summed E-state index contributed by atoms with van der Waals surface area (Å²) in [7, 11) is 0. The zero-order chi connectivity index (χ0) is 28.6. The number of thioether (sulfide) groups is 2. The van der Waals surface area contributed by atoms with E-state index in [0.29, 0.717) is 28.7 Å². The minimum Gasteiger partial charge on any atom is -0.492 e. The SMILES string of the molecule is CCn1c2ccc(C(=O)c3ccc(OCC4CSC(C)(C)S4)cc3C)cc2c2cc(/C(C)=N/OC(C)=O)ccc21. The Balaban J connectivity index is 1.44. The zero-order valence-corrected chi connectivity index (χ0v) is 25.4. The number of aromatic nitrogens is 1. The molecule has 1 saturated heterocycles. The third kappa shape index (κ3) is 5.79. The van der Waals surface area contributed by atoms with E-state index in [1.165, 1.54) is 6.92 Å². The molecule has 40 heavy (non-hydrogen) atoms. The summed E-state index contributed by atoms with van der Waals surface area (Å²) in [6, 6.07) is 17.7. The lowest BCUT2D eigenvalue weighted by Crippen LogP contribution is -2.15. The van der Waals surface area contributed by atoms with Crippen LogP contribution in [0.3, 0.4) is 0 Å². The fourth-order valence-electron chi connectivity index (χ4n) is 5.17. The Hall–Kier alpha value is -3.23. The highest BCUT2D eigenvalue weighted by atomic mass is 32.2. The van der Waals surface area contributed by atoms with Crippen LogP contribution in [-0.4, -0.2) is 43.7 Å². The van der Waals surface area contributed by atoms with Crippen molar-refractivity contribution >= 4 is 62.8 Å². The molecule has 8 heteroatoms. The molecule has 0 bridgehead atoms. The third-order valence-corrected chi connectivity index (χ3v) is 10.4.